The van der Waals surface area contributed by atoms with E-state index in [2.05, 4.69) is 0 Å². The van der Waals surface area contributed by atoms with Crippen LogP contribution >= 0.6 is 0 Å². The molecule has 0 spiro atoms. The summed E-state index contributed by atoms with van der Waals surface area (Å²) in [6.45, 7) is 5.51. The summed E-state index contributed by atoms with van der Waals surface area (Å²) in [4.78, 5) is 0. The number of rotatable bonds is 2. The van der Waals surface area contributed by atoms with Crippen LogP contribution in [0.4, 0.5) is 13.2 Å². The molecular weight excluding hydrogens is 157 g/mol. The maximum absolute atomic E-state index is 11.3. The molecule has 1 atom stereocenters. The second kappa shape index (κ2) is 6.46. The van der Waals surface area contributed by atoms with Crippen LogP contribution in [0.3, 0.4) is 0 Å². The van der Waals surface area contributed by atoms with Crippen molar-refractivity contribution < 1.29 is 18.3 Å². The minimum Gasteiger partial charge on any atom is -0.393 e. The standard InChI is InChI=1S/C5H9F3O.C2H6/c1-2-4(9)3-5(6,7)8;1-2/h4,9H,2-3H2,1H3;1-2H3. The minimum atomic E-state index is -4.23. The Morgan fingerprint density at radius 2 is 1.64 bits per heavy atom. The van der Waals surface area contributed by atoms with E-state index in [1.807, 2.05) is 13.8 Å². The molecule has 0 heterocycles. The van der Waals surface area contributed by atoms with Gasteiger partial charge in [-0.3, -0.25) is 0 Å². The van der Waals surface area contributed by atoms with Crippen molar-refractivity contribution in [2.24, 2.45) is 0 Å². The number of aliphatic hydroxyl groups excluding tert-OH is 1. The van der Waals surface area contributed by atoms with E-state index in [9.17, 15) is 13.2 Å². The maximum Gasteiger partial charge on any atom is 0.391 e. The zero-order valence-corrected chi connectivity index (χ0v) is 7.07. The van der Waals surface area contributed by atoms with Crippen LogP contribution in [0, 0.1) is 0 Å². The fraction of sp³-hybridized carbons (Fsp3) is 1.00. The summed E-state index contributed by atoms with van der Waals surface area (Å²) < 4.78 is 34.0. The molecule has 0 amide bonds. The Hall–Kier alpha value is -0.250. The highest BCUT2D eigenvalue weighted by atomic mass is 19.4. The molecule has 0 bridgehead atoms. The molecule has 70 valence electrons. The van der Waals surface area contributed by atoms with Gasteiger partial charge < -0.3 is 5.11 Å². The Morgan fingerprint density at radius 1 is 1.27 bits per heavy atom. The normalized spacial score (nSPS) is 13.4. The quantitative estimate of drug-likeness (QED) is 0.679. The lowest BCUT2D eigenvalue weighted by Gasteiger charge is -2.09. The lowest BCUT2D eigenvalue weighted by Crippen LogP contribution is -2.18. The molecule has 0 aromatic rings. The van der Waals surface area contributed by atoms with Crippen molar-refractivity contribution in [3.8, 4) is 0 Å². The predicted molar refractivity (Wildman–Crippen MR) is 38.3 cm³/mol. The summed E-state index contributed by atoms with van der Waals surface area (Å²) in [7, 11) is 0. The van der Waals surface area contributed by atoms with Gasteiger partial charge >= 0.3 is 6.18 Å². The van der Waals surface area contributed by atoms with Crippen LogP contribution in [0.25, 0.3) is 0 Å². The highest BCUT2D eigenvalue weighted by Gasteiger charge is 2.29. The van der Waals surface area contributed by atoms with Gasteiger partial charge in [0.05, 0.1) is 12.5 Å². The Morgan fingerprint density at radius 3 is 1.73 bits per heavy atom. The van der Waals surface area contributed by atoms with E-state index in [1.165, 1.54) is 6.92 Å². The monoisotopic (exact) mass is 172 g/mol. The van der Waals surface area contributed by atoms with Crippen LogP contribution in [0.1, 0.15) is 33.6 Å². The fourth-order valence-electron chi connectivity index (χ4n) is 0.412. The molecule has 0 saturated heterocycles. The van der Waals surface area contributed by atoms with Gasteiger partial charge in [0, 0.05) is 0 Å². The summed E-state index contributed by atoms with van der Waals surface area (Å²) >= 11 is 0. The van der Waals surface area contributed by atoms with E-state index < -0.39 is 18.7 Å². The Bertz CT molecular complexity index is 80.2. The Labute approximate surface area is 65.2 Å². The van der Waals surface area contributed by atoms with Crippen molar-refractivity contribution in [3.05, 3.63) is 0 Å². The first kappa shape index (κ1) is 13.3. The van der Waals surface area contributed by atoms with E-state index in [0.717, 1.165) is 0 Å². The van der Waals surface area contributed by atoms with Gasteiger partial charge in [-0.1, -0.05) is 20.8 Å². The third-order valence-corrected chi connectivity index (χ3v) is 0.938. The first-order valence-corrected chi connectivity index (χ1v) is 3.70. The molecule has 0 aliphatic rings. The SMILES string of the molecule is CC.CCC(O)CC(F)(F)F. The van der Waals surface area contributed by atoms with Crippen LogP contribution in [-0.2, 0) is 0 Å². The van der Waals surface area contributed by atoms with Gasteiger partial charge in [-0.15, -0.1) is 0 Å². The molecule has 0 aromatic heterocycles. The third kappa shape index (κ3) is 12.9. The summed E-state index contributed by atoms with van der Waals surface area (Å²) in [6.07, 6.45) is -6.40. The zero-order valence-electron chi connectivity index (χ0n) is 7.07. The molecular formula is C7H15F3O. The second-order valence-electron chi connectivity index (χ2n) is 1.88. The van der Waals surface area contributed by atoms with E-state index in [4.69, 9.17) is 5.11 Å². The van der Waals surface area contributed by atoms with E-state index in [-0.39, 0.29) is 6.42 Å². The van der Waals surface area contributed by atoms with Gasteiger partial charge in [-0.25, -0.2) is 0 Å². The lowest BCUT2D eigenvalue weighted by molar-refractivity contribution is -0.153. The van der Waals surface area contributed by atoms with Gasteiger partial charge in [-0.05, 0) is 6.42 Å². The Balaban J connectivity index is 0. The van der Waals surface area contributed by atoms with E-state index in [1.54, 1.807) is 0 Å². The van der Waals surface area contributed by atoms with Crippen molar-refractivity contribution in [1.29, 1.82) is 0 Å². The number of halogens is 3. The molecule has 0 aliphatic heterocycles. The number of hydrogen-bond donors (Lipinski definition) is 1. The molecule has 0 radical (unpaired) electrons. The van der Waals surface area contributed by atoms with Gasteiger partial charge in [0.1, 0.15) is 0 Å². The molecule has 1 nitrogen and oxygen atoms in total. The lowest BCUT2D eigenvalue weighted by atomic mass is 10.2. The van der Waals surface area contributed by atoms with Gasteiger partial charge in [0.25, 0.3) is 0 Å². The van der Waals surface area contributed by atoms with E-state index >= 15 is 0 Å². The molecule has 0 rings (SSSR count). The second-order valence-corrected chi connectivity index (χ2v) is 1.88. The summed E-state index contributed by atoms with van der Waals surface area (Å²) in [5, 5.41) is 8.47. The fourth-order valence-corrected chi connectivity index (χ4v) is 0.412. The van der Waals surface area contributed by atoms with Crippen LogP contribution in [0.2, 0.25) is 0 Å². The molecule has 4 heteroatoms. The van der Waals surface area contributed by atoms with Crippen LogP contribution in [-0.4, -0.2) is 17.4 Å². The molecule has 1 unspecified atom stereocenters. The number of aliphatic hydroxyl groups is 1. The first-order chi connectivity index (χ1) is 4.95. The smallest absolute Gasteiger partial charge is 0.391 e. The third-order valence-electron chi connectivity index (χ3n) is 0.938. The average molecular weight is 172 g/mol. The Kier molecular flexibility index (Phi) is 7.84. The molecule has 0 aromatic carbocycles. The van der Waals surface area contributed by atoms with Crippen molar-refractivity contribution in [3.63, 3.8) is 0 Å². The van der Waals surface area contributed by atoms with Crippen molar-refractivity contribution >= 4 is 0 Å². The van der Waals surface area contributed by atoms with E-state index in [0.29, 0.717) is 0 Å². The van der Waals surface area contributed by atoms with Crippen molar-refractivity contribution in [2.75, 3.05) is 0 Å². The molecule has 0 fully saturated rings. The van der Waals surface area contributed by atoms with Crippen molar-refractivity contribution in [1.82, 2.24) is 0 Å². The number of alkyl halides is 3. The number of hydrogen-bond acceptors (Lipinski definition) is 1. The predicted octanol–water partition coefficient (Wildman–Crippen LogP) is 2.74. The van der Waals surface area contributed by atoms with Crippen LogP contribution in [0.5, 0.6) is 0 Å². The molecule has 0 aliphatic carbocycles. The van der Waals surface area contributed by atoms with Gasteiger partial charge in [0.15, 0.2) is 0 Å². The summed E-state index contributed by atoms with van der Waals surface area (Å²) in [5.41, 5.74) is 0. The van der Waals surface area contributed by atoms with Gasteiger partial charge in [-0.2, -0.15) is 13.2 Å². The minimum absolute atomic E-state index is 0.152. The summed E-state index contributed by atoms with van der Waals surface area (Å²) in [6, 6.07) is 0. The topological polar surface area (TPSA) is 20.2 Å². The average Bonchev–Trinajstić information content (AvgIpc) is 1.89. The summed E-state index contributed by atoms with van der Waals surface area (Å²) in [5.74, 6) is 0. The zero-order chi connectivity index (χ0) is 9.49. The highest BCUT2D eigenvalue weighted by molar-refractivity contribution is 4.58. The van der Waals surface area contributed by atoms with Crippen LogP contribution in [0.15, 0.2) is 0 Å². The molecule has 1 N–H and O–H groups in total. The highest BCUT2D eigenvalue weighted by Crippen LogP contribution is 2.22. The molecule has 0 saturated carbocycles. The van der Waals surface area contributed by atoms with Crippen molar-refractivity contribution in [2.45, 2.75) is 45.9 Å². The first-order valence-electron chi connectivity index (χ1n) is 3.70. The molecule has 11 heavy (non-hydrogen) atoms. The maximum atomic E-state index is 11.3. The van der Waals surface area contributed by atoms with Crippen LogP contribution < -0.4 is 0 Å². The largest absolute Gasteiger partial charge is 0.393 e. The van der Waals surface area contributed by atoms with Gasteiger partial charge in [0.2, 0.25) is 0 Å².